The Kier molecular flexibility index (Phi) is 4.00. The minimum atomic E-state index is 0.00725. The van der Waals surface area contributed by atoms with Crippen LogP contribution in [0.25, 0.3) is 0 Å². The summed E-state index contributed by atoms with van der Waals surface area (Å²) in [5.74, 6) is 0.592. The second-order valence-corrected chi connectivity index (χ2v) is 6.74. The predicted molar refractivity (Wildman–Crippen MR) is 83.8 cm³/mol. The van der Waals surface area contributed by atoms with Gasteiger partial charge in [0.1, 0.15) is 0 Å². The lowest BCUT2D eigenvalue weighted by atomic mass is 10.0. The number of ether oxygens (including phenoxy) is 1. The number of hydrogen-bond acceptors (Lipinski definition) is 6. The summed E-state index contributed by atoms with van der Waals surface area (Å²) in [5, 5.41) is 8.12. The molecule has 0 bridgehead atoms. The van der Waals surface area contributed by atoms with Gasteiger partial charge in [-0.25, -0.2) is 4.68 Å². The highest BCUT2D eigenvalue weighted by Gasteiger charge is 2.37. The number of carbonyl (C=O) groups is 1. The maximum atomic E-state index is 12.4. The number of likely N-dealkylation sites (tertiary alicyclic amines) is 1. The van der Waals surface area contributed by atoms with Crippen molar-refractivity contribution in [3.05, 3.63) is 36.4 Å². The molecule has 0 unspecified atom stereocenters. The minimum Gasteiger partial charge on any atom is -0.368 e. The lowest BCUT2D eigenvalue weighted by molar-refractivity contribution is -0.136. The molecule has 4 heterocycles. The van der Waals surface area contributed by atoms with Crippen molar-refractivity contribution in [1.82, 2.24) is 24.9 Å². The third-order valence-electron chi connectivity index (χ3n) is 4.30. The van der Waals surface area contributed by atoms with Crippen molar-refractivity contribution >= 4 is 17.7 Å². The SMILES string of the molecule is O=C(CSc1ccncc1)N1CC[C@H]2[C@H](C1)OCc1cnnn12. The third-order valence-corrected chi connectivity index (χ3v) is 5.29. The van der Waals surface area contributed by atoms with E-state index in [4.69, 9.17) is 4.74 Å². The Bertz CT molecular complexity index is 692. The molecule has 7 nitrogen and oxygen atoms in total. The molecule has 0 spiro atoms. The third kappa shape index (κ3) is 2.96. The molecule has 1 fully saturated rings. The number of fused-ring (bicyclic) bond motifs is 3. The summed E-state index contributed by atoms with van der Waals surface area (Å²) < 4.78 is 7.86. The minimum absolute atomic E-state index is 0.00725. The molecule has 0 aliphatic carbocycles. The van der Waals surface area contributed by atoms with Crippen LogP contribution in [-0.4, -0.2) is 55.7 Å². The molecule has 1 saturated heterocycles. The highest BCUT2D eigenvalue weighted by molar-refractivity contribution is 8.00. The van der Waals surface area contributed by atoms with Gasteiger partial charge in [0.05, 0.1) is 36.4 Å². The zero-order valence-electron chi connectivity index (χ0n) is 12.5. The van der Waals surface area contributed by atoms with Crippen molar-refractivity contribution in [3.63, 3.8) is 0 Å². The fourth-order valence-corrected chi connectivity index (χ4v) is 3.87. The summed E-state index contributed by atoms with van der Waals surface area (Å²) in [5.41, 5.74) is 1.01. The van der Waals surface area contributed by atoms with Gasteiger partial charge in [0.2, 0.25) is 5.91 Å². The number of aromatic nitrogens is 4. The van der Waals surface area contributed by atoms with Gasteiger partial charge in [-0.3, -0.25) is 9.78 Å². The Labute approximate surface area is 138 Å². The number of thioether (sulfide) groups is 1. The molecule has 4 rings (SSSR count). The highest BCUT2D eigenvalue weighted by atomic mass is 32.2. The van der Waals surface area contributed by atoms with Crippen molar-refractivity contribution < 1.29 is 9.53 Å². The van der Waals surface area contributed by atoms with E-state index in [1.807, 2.05) is 21.7 Å². The molecular weight excluding hydrogens is 314 g/mol. The number of amides is 1. The van der Waals surface area contributed by atoms with E-state index in [0.717, 1.165) is 23.6 Å². The van der Waals surface area contributed by atoms with E-state index in [1.165, 1.54) is 0 Å². The summed E-state index contributed by atoms with van der Waals surface area (Å²) in [7, 11) is 0. The molecule has 0 aromatic carbocycles. The second-order valence-electron chi connectivity index (χ2n) is 5.69. The van der Waals surface area contributed by atoms with Crippen molar-refractivity contribution in [2.75, 3.05) is 18.8 Å². The first-order valence-electron chi connectivity index (χ1n) is 7.62. The van der Waals surface area contributed by atoms with Crippen LogP contribution in [-0.2, 0) is 16.1 Å². The van der Waals surface area contributed by atoms with Gasteiger partial charge in [0.15, 0.2) is 0 Å². The smallest absolute Gasteiger partial charge is 0.233 e. The molecule has 2 aliphatic rings. The van der Waals surface area contributed by atoms with Crippen molar-refractivity contribution in [2.24, 2.45) is 0 Å². The molecule has 0 radical (unpaired) electrons. The maximum Gasteiger partial charge on any atom is 0.233 e. The van der Waals surface area contributed by atoms with Crippen LogP contribution in [0.1, 0.15) is 18.2 Å². The van der Waals surface area contributed by atoms with E-state index in [1.54, 1.807) is 30.4 Å². The summed E-state index contributed by atoms with van der Waals surface area (Å²) in [6.45, 7) is 1.88. The van der Waals surface area contributed by atoms with Gasteiger partial charge < -0.3 is 9.64 Å². The van der Waals surface area contributed by atoms with Crippen LogP contribution in [0, 0.1) is 0 Å². The number of carbonyl (C=O) groups excluding carboxylic acids is 1. The van der Waals surface area contributed by atoms with Crippen molar-refractivity contribution in [1.29, 1.82) is 0 Å². The Hall–Kier alpha value is -1.93. The average Bonchev–Trinajstić information content (AvgIpc) is 3.09. The topological polar surface area (TPSA) is 73.1 Å². The highest BCUT2D eigenvalue weighted by Crippen LogP contribution is 2.30. The van der Waals surface area contributed by atoms with E-state index >= 15 is 0 Å². The molecule has 0 saturated carbocycles. The van der Waals surface area contributed by atoms with Crippen LogP contribution in [0.2, 0.25) is 0 Å². The van der Waals surface area contributed by atoms with Crippen molar-refractivity contribution in [2.45, 2.75) is 30.1 Å². The molecule has 120 valence electrons. The van der Waals surface area contributed by atoms with Gasteiger partial charge in [-0.2, -0.15) is 0 Å². The summed E-state index contributed by atoms with van der Waals surface area (Å²) in [4.78, 5) is 19.4. The van der Waals surface area contributed by atoms with Crippen LogP contribution in [0.15, 0.2) is 35.6 Å². The molecule has 8 heteroatoms. The Balaban J connectivity index is 1.36. The number of pyridine rings is 1. The monoisotopic (exact) mass is 331 g/mol. The predicted octanol–water partition coefficient (Wildman–Crippen LogP) is 1.14. The lowest BCUT2D eigenvalue weighted by Gasteiger charge is -2.40. The molecule has 23 heavy (non-hydrogen) atoms. The van der Waals surface area contributed by atoms with Gasteiger partial charge in [0, 0.05) is 30.4 Å². The fourth-order valence-electron chi connectivity index (χ4n) is 3.08. The van der Waals surface area contributed by atoms with Gasteiger partial charge in [-0.05, 0) is 18.6 Å². The molecule has 1 amide bonds. The molecule has 2 aromatic heterocycles. The van der Waals surface area contributed by atoms with Crippen LogP contribution in [0.4, 0.5) is 0 Å². The van der Waals surface area contributed by atoms with E-state index in [9.17, 15) is 4.79 Å². The number of piperidine rings is 1. The molecule has 2 aliphatic heterocycles. The second kappa shape index (κ2) is 6.29. The Morgan fingerprint density at radius 2 is 2.26 bits per heavy atom. The zero-order valence-corrected chi connectivity index (χ0v) is 13.4. The maximum absolute atomic E-state index is 12.4. The fraction of sp³-hybridized carbons (Fsp3) is 0.467. The van der Waals surface area contributed by atoms with Gasteiger partial charge in [-0.15, -0.1) is 16.9 Å². The quantitative estimate of drug-likeness (QED) is 0.785. The van der Waals surface area contributed by atoms with Crippen LogP contribution in [0.5, 0.6) is 0 Å². The molecule has 2 aromatic rings. The first-order valence-corrected chi connectivity index (χ1v) is 8.61. The summed E-state index contributed by atoms with van der Waals surface area (Å²) in [6.07, 6.45) is 6.09. The molecule has 2 atom stereocenters. The average molecular weight is 331 g/mol. The number of hydrogen-bond donors (Lipinski definition) is 0. The first kappa shape index (κ1) is 14.6. The van der Waals surface area contributed by atoms with Crippen LogP contribution >= 0.6 is 11.8 Å². The van der Waals surface area contributed by atoms with Gasteiger partial charge in [0.25, 0.3) is 0 Å². The largest absolute Gasteiger partial charge is 0.368 e. The van der Waals surface area contributed by atoms with E-state index in [0.29, 0.717) is 18.9 Å². The van der Waals surface area contributed by atoms with E-state index in [-0.39, 0.29) is 18.1 Å². The molecular formula is C15H17N5O2S. The number of rotatable bonds is 3. The van der Waals surface area contributed by atoms with Gasteiger partial charge >= 0.3 is 0 Å². The van der Waals surface area contributed by atoms with Gasteiger partial charge in [-0.1, -0.05) is 5.21 Å². The lowest BCUT2D eigenvalue weighted by Crippen LogP contribution is -2.50. The van der Waals surface area contributed by atoms with Crippen LogP contribution < -0.4 is 0 Å². The normalized spacial score (nSPS) is 23.2. The standard InChI is InChI=1S/C15H17N5O2S/c21-15(10-23-12-1-4-16-5-2-12)19-6-3-13-14(8-19)22-9-11-7-17-18-20(11)13/h1-2,4-5,7,13-14H,3,6,8-10H2/t13-,14-/m0/s1. The Morgan fingerprint density at radius 1 is 1.39 bits per heavy atom. The van der Waals surface area contributed by atoms with E-state index < -0.39 is 0 Å². The van der Waals surface area contributed by atoms with Crippen LogP contribution in [0.3, 0.4) is 0 Å². The summed E-state index contributed by atoms with van der Waals surface area (Å²) in [6, 6.07) is 4.03. The first-order chi connectivity index (χ1) is 11.3. The van der Waals surface area contributed by atoms with E-state index in [2.05, 4.69) is 15.3 Å². The summed E-state index contributed by atoms with van der Waals surface area (Å²) >= 11 is 1.54. The Morgan fingerprint density at radius 3 is 3.13 bits per heavy atom. The zero-order chi connectivity index (χ0) is 15.6. The number of nitrogens with zero attached hydrogens (tertiary/aromatic N) is 5. The van der Waals surface area contributed by atoms with Crippen molar-refractivity contribution in [3.8, 4) is 0 Å². The molecule has 0 N–H and O–H groups in total.